The van der Waals surface area contributed by atoms with Crippen molar-refractivity contribution in [1.82, 2.24) is 5.32 Å². The van der Waals surface area contributed by atoms with E-state index in [0.717, 1.165) is 24.2 Å². The summed E-state index contributed by atoms with van der Waals surface area (Å²) in [4.78, 5) is 10.7. The minimum Gasteiger partial charge on any atom is -0.481 e. The lowest BCUT2D eigenvalue weighted by molar-refractivity contribution is -0.137. The fraction of sp³-hybridized carbons (Fsp3) is 0.941. The van der Waals surface area contributed by atoms with Crippen LogP contribution in [0.5, 0.6) is 0 Å². The minimum absolute atomic E-state index is 0.280. The van der Waals surface area contributed by atoms with Gasteiger partial charge < -0.3 is 10.4 Å². The Labute approximate surface area is 122 Å². The first-order chi connectivity index (χ1) is 9.47. The van der Waals surface area contributed by atoms with Crippen molar-refractivity contribution in [3.8, 4) is 0 Å². The van der Waals surface area contributed by atoms with Gasteiger partial charge in [-0.15, -0.1) is 0 Å². The average Bonchev–Trinajstić information content (AvgIpc) is 2.34. The Hall–Kier alpha value is -0.570. The van der Waals surface area contributed by atoms with E-state index in [4.69, 9.17) is 5.11 Å². The van der Waals surface area contributed by atoms with E-state index in [1.54, 1.807) is 0 Å². The summed E-state index contributed by atoms with van der Waals surface area (Å²) in [5.41, 5.74) is 0.520. The Morgan fingerprint density at radius 2 is 1.65 bits per heavy atom. The molecule has 114 valence electrons. The zero-order valence-corrected chi connectivity index (χ0v) is 12.9. The summed E-state index contributed by atoms with van der Waals surface area (Å²) < 4.78 is 0. The maximum Gasteiger partial charge on any atom is 0.303 e. The summed E-state index contributed by atoms with van der Waals surface area (Å²) in [6.07, 6.45) is 9.73. The Morgan fingerprint density at radius 1 is 1.15 bits per heavy atom. The summed E-state index contributed by atoms with van der Waals surface area (Å²) >= 11 is 0. The van der Waals surface area contributed by atoms with Gasteiger partial charge in [-0.05, 0) is 82.0 Å². The maximum atomic E-state index is 10.7. The van der Waals surface area contributed by atoms with Gasteiger partial charge in [-0.2, -0.15) is 0 Å². The normalized spacial score (nSPS) is 41.6. The second kappa shape index (κ2) is 5.32. The monoisotopic (exact) mass is 279 g/mol. The Bertz CT molecular complexity index is 344. The van der Waals surface area contributed by atoms with Crippen molar-refractivity contribution in [2.75, 3.05) is 0 Å². The second-order valence-electron chi connectivity index (χ2n) is 8.00. The molecule has 0 aromatic heterocycles. The number of nitrogens with one attached hydrogen (secondary N) is 1. The van der Waals surface area contributed by atoms with E-state index in [2.05, 4.69) is 19.2 Å². The zero-order valence-electron chi connectivity index (χ0n) is 12.9. The molecule has 4 fully saturated rings. The fourth-order valence-corrected chi connectivity index (χ4v) is 5.73. The number of carboxylic acid groups (broad SMARTS) is 1. The molecule has 0 aromatic carbocycles. The average molecular weight is 279 g/mol. The quantitative estimate of drug-likeness (QED) is 0.783. The Kier molecular flexibility index (Phi) is 3.83. The van der Waals surface area contributed by atoms with Gasteiger partial charge in [0.1, 0.15) is 0 Å². The lowest BCUT2D eigenvalue weighted by Crippen LogP contribution is -2.56. The third-order valence-corrected chi connectivity index (χ3v) is 6.33. The van der Waals surface area contributed by atoms with Gasteiger partial charge in [-0.1, -0.05) is 0 Å². The van der Waals surface area contributed by atoms with Crippen LogP contribution in [0.3, 0.4) is 0 Å². The SMILES string of the molecule is CC(CCC(=O)O)NC(C)C12CC3CC(CC(C3)C1)C2. The van der Waals surface area contributed by atoms with Gasteiger partial charge in [0, 0.05) is 18.5 Å². The van der Waals surface area contributed by atoms with Crippen molar-refractivity contribution < 1.29 is 9.90 Å². The highest BCUT2D eigenvalue weighted by Crippen LogP contribution is 2.61. The number of hydrogen-bond donors (Lipinski definition) is 2. The molecular formula is C17H29NO2. The number of carbonyl (C=O) groups is 1. The van der Waals surface area contributed by atoms with Crippen molar-refractivity contribution in [3.63, 3.8) is 0 Å². The van der Waals surface area contributed by atoms with E-state index in [1.165, 1.54) is 38.5 Å². The second-order valence-corrected chi connectivity index (χ2v) is 8.00. The molecule has 4 rings (SSSR count). The molecule has 0 radical (unpaired) electrons. The molecule has 20 heavy (non-hydrogen) atoms. The van der Waals surface area contributed by atoms with Crippen molar-refractivity contribution in [3.05, 3.63) is 0 Å². The van der Waals surface area contributed by atoms with E-state index < -0.39 is 5.97 Å². The van der Waals surface area contributed by atoms with E-state index >= 15 is 0 Å². The van der Waals surface area contributed by atoms with Gasteiger partial charge in [0.15, 0.2) is 0 Å². The molecule has 2 N–H and O–H groups in total. The van der Waals surface area contributed by atoms with E-state index in [1.807, 2.05) is 0 Å². The molecule has 2 unspecified atom stereocenters. The summed E-state index contributed by atoms with van der Waals surface area (Å²) in [7, 11) is 0. The summed E-state index contributed by atoms with van der Waals surface area (Å²) in [5.74, 6) is 2.28. The van der Waals surface area contributed by atoms with E-state index in [0.29, 0.717) is 17.5 Å². The minimum atomic E-state index is -0.680. The Balaban J connectivity index is 1.59. The van der Waals surface area contributed by atoms with Crippen LogP contribution in [-0.4, -0.2) is 23.2 Å². The number of aliphatic carboxylic acids is 1. The van der Waals surface area contributed by atoms with Crippen LogP contribution in [0.15, 0.2) is 0 Å². The lowest BCUT2D eigenvalue weighted by atomic mass is 9.48. The highest BCUT2D eigenvalue weighted by Gasteiger charge is 2.53. The van der Waals surface area contributed by atoms with Gasteiger partial charge >= 0.3 is 5.97 Å². The molecular weight excluding hydrogens is 250 g/mol. The van der Waals surface area contributed by atoms with Crippen LogP contribution in [0.2, 0.25) is 0 Å². The molecule has 0 heterocycles. The zero-order chi connectivity index (χ0) is 14.3. The first-order valence-corrected chi connectivity index (χ1v) is 8.45. The van der Waals surface area contributed by atoms with Crippen molar-refractivity contribution in [2.24, 2.45) is 23.2 Å². The topological polar surface area (TPSA) is 49.3 Å². The van der Waals surface area contributed by atoms with E-state index in [9.17, 15) is 4.79 Å². The number of hydrogen-bond acceptors (Lipinski definition) is 2. The van der Waals surface area contributed by atoms with Gasteiger partial charge in [-0.25, -0.2) is 0 Å². The van der Waals surface area contributed by atoms with Crippen LogP contribution in [0.1, 0.15) is 65.2 Å². The van der Waals surface area contributed by atoms with Crippen LogP contribution in [0.4, 0.5) is 0 Å². The van der Waals surface area contributed by atoms with Crippen LogP contribution >= 0.6 is 0 Å². The molecule has 3 nitrogen and oxygen atoms in total. The van der Waals surface area contributed by atoms with Crippen LogP contribution in [-0.2, 0) is 4.79 Å². The Morgan fingerprint density at radius 3 is 2.10 bits per heavy atom. The molecule has 2 atom stereocenters. The summed E-state index contributed by atoms with van der Waals surface area (Å²) in [6, 6.07) is 0.855. The van der Waals surface area contributed by atoms with Crippen LogP contribution in [0.25, 0.3) is 0 Å². The third kappa shape index (κ3) is 2.74. The molecule has 4 aliphatic carbocycles. The molecule has 4 saturated carbocycles. The fourth-order valence-electron chi connectivity index (χ4n) is 5.73. The molecule has 4 aliphatic rings. The molecule has 0 amide bonds. The standard InChI is InChI=1S/C17H29NO2/c1-11(3-4-16(19)20)18-12(2)17-8-13-5-14(9-17)7-15(6-13)10-17/h11-15,18H,3-10H2,1-2H3,(H,19,20). The van der Waals surface area contributed by atoms with E-state index in [-0.39, 0.29) is 6.42 Å². The predicted molar refractivity (Wildman–Crippen MR) is 79.5 cm³/mol. The van der Waals surface area contributed by atoms with Crippen molar-refractivity contribution in [2.45, 2.75) is 77.3 Å². The first kappa shape index (κ1) is 14.4. The highest BCUT2D eigenvalue weighted by atomic mass is 16.4. The van der Waals surface area contributed by atoms with Crippen molar-refractivity contribution >= 4 is 5.97 Å². The molecule has 0 spiro atoms. The largest absolute Gasteiger partial charge is 0.481 e. The number of rotatable bonds is 6. The molecule has 0 aromatic rings. The lowest BCUT2D eigenvalue weighted by Gasteiger charge is -2.59. The smallest absolute Gasteiger partial charge is 0.303 e. The molecule has 0 saturated heterocycles. The van der Waals surface area contributed by atoms with Crippen LogP contribution < -0.4 is 5.32 Å². The molecule has 4 bridgehead atoms. The molecule has 3 heteroatoms. The van der Waals surface area contributed by atoms with Gasteiger partial charge in [0.2, 0.25) is 0 Å². The maximum absolute atomic E-state index is 10.7. The predicted octanol–water partition coefficient (Wildman–Crippen LogP) is 3.43. The summed E-state index contributed by atoms with van der Waals surface area (Å²) in [5, 5.41) is 12.5. The van der Waals surface area contributed by atoms with Gasteiger partial charge in [0.05, 0.1) is 0 Å². The summed E-state index contributed by atoms with van der Waals surface area (Å²) in [6.45, 7) is 4.49. The first-order valence-electron chi connectivity index (χ1n) is 8.45. The number of carboxylic acids is 1. The highest BCUT2D eigenvalue weighted by molar-refractivity contribution is 5.66. The van der Waals surface area contributed by atoms with Crippen molar-refractivity contribution in [1.29, 1.82) is 0 Å². The molecule has 0 aliphatic heterocycles. The van der Waals surface area contributed by atoms with Crippen LogP contribution in [0, 0.1) is 23.2 Å². The van der Waals surface area contributed by atoms with Gasteiger partial charge in [0.25, 0.3) is 0 Å². The third-order valence-electron chi connectivity index (χ3n) is 6.33. The van der Waals surface area contributed by atoms with Gasteiger partial charge in [-0.3, -0.25) is 4.79 Å².